The second-order valence-electron chi connectivity index (χ2n) is 4.93. The first kappa shape index (κ1) is 17.0. The van der Waals surface area contributed by atoms with E-state index in [1.165, 1.54) is 11.3 Å². The Morgan fingerprint density at radius 2 is 1.95 bits per heavy atom. The van der Waals surface area contributed by atoms with Gasteiger partial charge in [0.15, 0.2) is 0 Å². The Morgan fingerprint density at radius 1 is 1.10 bits per heavy atom. The van der Waals surface area contributed by atoms with Crippen LogP contribution in [0.15, 0.2) is 24.3 Å². The molecular formula is C16H28N2O2. The fourth-order valence-electron chi connectivity index (χ4n) is 2.06. The third-order valence-electron chi connectivity index (χ3n) is 3.14. The second-order valence-corrected chi connectivity index (χ2v) is 4.93. The highest BCUT2D eigenvalue weighted by Gasteiger charge is 2.06. The van der Waals surface area contributed by atoms with Crippen molar-refractivity contribution < 1.29 is 9.47 Å². The van der Waals surface area contributed by atoms with Crippen LogP contribution in [0.25, 0.3) is 0 Å². The summed E-state index contributed by atoms with van der Waals surface area (Å²) < 4.78 is 10.6. The molecule has 114 valence electrons. The molecule has 0 aliphatic heterocycles. The van der Waals surface area contributed by atoms with E-state index >= 15 is 0 Å². The van der Waals surface area contributed by atoms with Crippen molar-refractivity contribution in [1.82, 2.24) is 0 Å². The van der Waals surface area contributed by atoms with Crippen molar-refractivity contribution in [3.05, 3.63) is 29.8 Å². The topological polar surface area (TPSA) is 47.7 Å². The van der Waals surface area contributed by atoms with Crippen LogP contribution >= 0.6 is 0 Å². The summed E-state index contributed by atoms with van der Waals surface area (Å²) in [5, 5.41) is 0. The molecule has 0 amide bonds. The molecule has 0 unspecified atom stereocenters. The minimum atomic E-state index is 0.719. The number of hydrogen-bond acceptors (Lipinski definition) is 4. The van der Waals surface area contributed by atoms with Crippen molar-refractivity contribution in [1.29, 1.82) is 0 Å². The lowest BCUT2D eigenvalue weighted by Crippen LogP contribution is -2.30. The van der Waals surface area contributed by atoms with E-state index in [1.54, 1.807) is 7.11 Å². The van der Waals surface area contributed by atoms with E-state index < -0.39 is 0 Å². The molecule has 0 saturated heterocycles. The van der Waals surface area contributed by atoms with Crippen LogP contribution < -0.4 is 10.6 Å². The molecule has 1 aromatic carbocycles. The Hall–Kier alpha value is -1.10. The van der Waals surface area contributed by atoms with Crippen molar-refractivity contribution in [2.45, 2.75) is 19.8 Å². The minimum Gasteiger partial charge on any atom is -0.385 e. The number of benzene rings is 1. The van der Waals surface area contributed by atoms with Crippen molar-refractivity contribution in [2.24, 2.45) is 5.73 Å². The van der Waals surface area contributed by atoms with E-state index in [0.29, 0.717) is 0 Å². The maximum Gasteiger partial charge on any atom is 0.0641 e. The molecule has 0 saturated carbocycles. The lowest BCUT2D eigenvalue weighted by Gasteiger charge is -2.25. The Morgan fingerprint density at radius 3 is 2.65 bits per heavy atom. The van der Waals surface area contributed by atoms with Gasteiger partial charge >= 0.3 is 0 Å². The Balaban J connectivity index is 2.40. The summed E-state index contributed by atoms with van der Waals surface area (Å²) in [5.41, 5.74) is 8.15. The smallest absolute Gasteiger partial charge is 0.0641 e. The summed E-state index contributed by atoms with van der Waals surface area (Å²) in [5.74, 6) is 0. The highest BCUT2D eigenvalue weighted by Crippen LogP contribution is 2.15. The van der Waals surface area contributed by atoms with Gasteiger partial charge in [0, 0.05) is 39.1 Å². The predicted molar refractivity (Wildman–Crippen MR) is 84.4 cm³/mol. The third kappa shape index (κ3) is 6.89. The molecule has 0 spiro atoms. The molecule has 0 aliphatic carbocycles. The lowest BCUT2D eigenvalue weighted by atomic mass is 10.2. The van der Waals surface area contributed by atoms with Gasteiger partial charge in [-0.25, -0.2) is 0 Å². The van der Waals surface area contributed by atoms with Crippen LogP contribution in [-0.2, 0) is 9.47 Å². The van der Waals surface area contributed by atoms with Crippen LogP contribution in [0.1, 0.15) is 18.4 Å². The minimum absolute atomic E-state index is 0.719. The summed E-state index contributed by atoms with van der Waals surface area (Å²) in [6, 6.07) is 8.57. The number of ether oxygens (including phenoxy) is 2. The number of anilines is 1. The van der Waals surface area contributed by atoms with Gasteiger partial charge in [-0.3, -0.25) is 0 Å². The van der Waals surface area contributed by atoms with Gasteiger partial charge < -0.3 is 20.1 Å². The molecule has 0 atom stereocenters. The van der Waals surface area contributed by atoms with Gasteiger partial charge in [-0.05, 0) is 44.0 Å². The van der Waals surface area contributed by atoms with Gasteiger partial charge in [-0.2, -0.15) is 0 Å². The van der Waals surface area contributed by atoms with Gasteiger partial charge in [0.2, 0.25) is 0 Å². The van der Waals surface area contributed by atoms with Crippen molar-refractivity contribution in [3.63, 3.8) is 0 Å². The molecule has 4 nitrogen and oxygen atoms in total. The highest BCUT2D eigenvalue weighted by atomic mass is 16.5. The first-order chi connectivity index (χ1) is 9.77. The van der Waals surface area contributed by atoms with E-state index in [1.807, 2.05) is 0 Å². The SMILES string of the molecule is COCCCOCCN(CCCN)c1cccc(C)c1. The van der Waals surface area contributed by atoms with Gasteiger partial charge in [0.05, 0.1) is 6.61 Å². The number of aryl methyl sites for hydroxylation is 1. The Kier molecular flexibility index (Phi) is 9.04. The summed E-state index contributed by atoms with van der Waals surface area (Å²) in [7, 11) is 1.71. The molecule has 0 bridgehead atoms. The van der Waals surface area contributed by atoms with Gasteiger partial charge in [-0.15, -0.1) is 0 Å². The largest absolute Gasteiger partial charge is 0.385 e. The van der Waals surface area contributed by atoms with E-state index in [-0.39, 0.29) is 0 Å². The average molecular weight is 280 g/mol. The van der Waals surface area contributed by atoms with Crippen molar-refractivity contribution in [2.75, 3.05) is 51.5 Å². The molecule has 0 aliphatic rings. The molecule has 20 heavy (non-hydrogen) atoms. The summed E-state index contributed by atoms with van der Waals surface area (Å²) >= 11 is 0. The maximum absolute atomic E-state index is 5.64. The number of hydrogen-bond donors (Lipinski definition) is 1. The monoisotopic (exact) mass is 280 g/mol. The number of nitrogens with two attached hydrogens (primary N) is 1. The zero-order valence-electron chi connectivity index (χ0n) is 12.8. The van der Waals surface area contributed by atoms with Crippen LogP contribution in [0.5, 0.6) is 0 Å². The summed E-state index contributed by atoms with van der Waals surface area (Å²) in [6.07, 6.45) is 1.95. The van der Waals surface area contributed by atoms with Crippen molar-refractivity contribution in [3.8, 4) is 0 Å². The Labute approximate surface area is 122 Å². The molecule has 0 heterocycles. The van der Waals surface area contributed by atoms with Crippen LogP contribution in [0, 0.1) is 6.92 Å². The molecule has 0 fully saturated rings. The summed E-state index contributed by atoms with van der Waals surface area (Å²) in [6.45, 7) is 6.96. The zero-order chi connectivity index (χ0) is 14.6. The Bertz CT molecular complexity index is 358. The van der Waals surface area contributed by atoms with Crippen LogP contribution in [0.4, 0.5) is 5.69 Å². The molecule has 2 N–H and O–H groups in total. The first-order valence-corrected chi connectivity index (χ1v) is 7.36. The molecule has 1 rings (SSSR count). The van der Waals surface area contributed by atoms with E-state index in [2.05, 4.69) is 36.1 Å². The van der Waals surface area contributed by atoms with Crippen LogP contribution in [0.3, 0.4) is 0 Å². The predicted octanol–water partition coefficient (Wildman–Crippen LogP) is 2.20. The molecule has 4 heteroatoms. The van der Waals surface area contributed by atoms with Gasteiger partial charge in [0.1, 0.15) is 0 Å². The summed E-state index contributed by atoms with van der Waals surface area (Å²) in [4.78, 5) is 2.34. The van der Waals surface area contributed by atoms with E-state index in [0.717, 1.165) is 52.3 Å². The lowest BCUT2D eigenvalue weighted by molar-refractivity contribution is 0.107. The normalized spacial score (nSPS) is 10.8. The first-order valence-electron chi connectivity index (χ1n) is 7.36. The molecule has 0 aromatic heterocycles. The number of rotatable bonds is 11. The molecule has 0 radical (unpaired) electrons. The fourth-order valence-corrected chi connectivity index (χ4v) is 2.06. The average Bonchev–Trinajstić information content (AvgIpc) is 2.45. The highest BCUT2D eigenvalue weighted by molar-refractivity contribution is 5.48. The van der Waals surface area contributed by atoms with Crippen molar-refractivity contribution >= 4 is 5.69 Å². The number of methoxy groups -OCH3 is 1. The standard InChI is InChI=1S/C16H28N2O2/c1-15-6-3-7-16(14-15)18(9-4-8-17)10-13-20-12-5-11-19-2/h3,6-7,14H,4-5,8-13,17H2,1-2H3. The number of nitrogens with zero attached hydrogens (tertiary/aromatic N) is 1. The second kappa shape index (κ2) is 10.7. The van der Waals surface area contributed by atoms with Crippen LogP contribution in [0.2, 0.25) is 0 Å². The maximum atomic E-state index is 5.64. The molecular weight excluding hydrogens is 252 g/mol. The third-order valence-corrected chi connectivity index (χ3v) is 3.14. The fraction of sp³-hybridized carbons (Fsp3) is 0.625. The van der Waals surface area contributed by atoms with E-state index in [9.17, 15) is 0 Å². The van der Waals surface area contributed by atoms with Crippen LogP contribution in [-0.4, -0.2) is 46.6 Å². The van der Waals surface area contributed by atoms with Gasteiger partial charge in [-0.1, -0.05) is 12.1 Å². The molecule has 1 aromatic rings. The zero-order valence-corrected chi connectivity index (χ0v) is 12.8. The van der Waals surface area contributed by atoms with E-state index in [4.69, 9.17) is 15.2 Å². The quantitative estimate of drug-likeness (QED) is 0.631. The van der Waals surface area contributed by atoms with Gasteiger partial charge in [0.25, 0.3) is 0 Å².